The Labute approximate surface area is 124 Å². The molecule has 0 aliphatic rings. The minimum atomic E-state index is -0.611. The maximum atomic E-state index is 11.9. The molecule has 7 heteroatoms. The van der Waals surface area contributed by atoms with Gasteiger partial charge >= 0.3 is 5.97 Å². The lowest BCUT2D eigenvalue weighted by Gasteiger charge is -2.27. The van der Waals surface area contributed by atoms with Gasteiger partial charge in [-0.15, -0.1) is 5.10 Å². The largest absolute Gasteiger partial charge is 0.468 e. The number of nitrogens with zero attached hydrogens (tertiary/aromatic N) is 2. The zero-order chi connectivity index (χ0) is 15.0. The number of aromatic amines is 1. The summed E-state index contributed by atoms with van der Waals surface area (Å²) in [6.45, 7) is 6.65. The molecule has 20 heavy (non-hydrogen) atoms. The lowest BCUT2D eigenvalue weighted by atomic mass is 9.96. The molecule has 0 amide bonds. The summed E-state index contributed by atoms with van der Waals surface area (Å²) >= 11 is 1.59. The van der Waals surface area contributed by atoms with E-state index < -0.39 is 5.54 Å². The van der Waals surface area contributed by atoms with Crippen LogP contribution in [0.3, 0.4) is 0 Å². The SMILES string of the molecule is CCCNC(C)(CCCSc1n[nH]c(C)n1)C(=O)OC. The molecule has 0 saturated carbocycles. The van der Waals surface area contributed by atoms with Crippen molar-refractivity contribution in [2.24, 2.45) is 0 Å². The molecule has 6 nitrogen and oxygen atoms in total. The van der Waals surface area contributed by atoms with Crippen molar-refractivity contribution in [3.8, 4) is 0 Å². The normalized spacial score (nSPS) is 14.0. The van der Waals surface area contributed by atoms with Gasteiger partial charge in [0.2, 0.25) is 5.16 Å². The van der Waals surface area contributed by atoms with Gasteiger partial charge in [-0.2, -0.15) is 0 Å². The first-order valence-electron chi connectivity index (χ1n) is 6.87. The third-order valence-corrected chi connectivity index (χ3v) is 3.96. The highest BCUT2D eigenvalue weighted by molar-refractivity contribution is 7.99. The zero-order valence-corrected chi connectivity index (χ0v) is 13.5. The number of hydrogen-bond donors (Lipinski definition) is 2. The lowest BCUT2D eigenvalue weighted by Crippen LogP contribution is -2.50. The fraction of sp³-hybridized carbons (Fsp3) is 0.769. The minimum absolute atomic E-state index is 0.204. The van der Waals surface area contributed by atoms with E-state index in [1.165, 1.54) is 7.11 Å². The second-order valence-corrected chi connectivity index (χ2v) is 5.97. The van der Waals surface area contributed by atoms with Gasteiger partial charge in [-0.1, -0.05) is 18.7 Å². The topological polar surface area (TPSA) is 79.9 Å². The maximum Gasteiger partial charge on any atom is 0.325 e. The molecule has 1 aromatic heterocycles. The van der Waals surface area contributed by atoms with E-state index in [0.717, 1.165) is 42.5 Å². The predicted octanol–water partition coefficient (Wildman–Crippen LogP) is 1.92. The van der Waals surface area contributed by atoms with E-state index in [0.29, 0.717) is 0 Å². The van der Waals surface area contributed by atoms with Crippen LogP contribution in [0.2, 0.25) is 0 Å². The van der Waals surface area contributed by atoms with Crippen molar-refractivity contribution in [3.63, 3.8) is 0 Å². The van der Waals surface area contributed by atoms with Crippen molar-refractivity contribution in [1.29, 1.82) is 0 Å². The van der Waals surface area contributed by atoms with Crippen molar-refractivity contribution in [1.82, 2.24) is 20.5 Å². The molecule has 1 atom stereocenters. The van der Waals surface area contributed by atoms with Gasteiger partial charge in [-0.05, 0) is 39.7 Å². The number of rotatable bonds is 9. The number of carbonyl (C=O) groups is 1. The second-order valence-electron chi connectivity index (χ2n) is 4.91. The van der Waals surface area contributed by atoms with Crippen LogP contribution in [0.1, 0.15) is 38.9 Å². The number of ether oxygens (including phenoxy) is 1. The van der Waals surface area contributed by atoms with E-state index in [4.69, 9.17) is 4.74 Å². The maximum absolute atomic E-state index is 11.9. The van der Waals surface area contributed by atoms with Crippen LogP contribution < -0.4 is 5.32 Å². The van der Waals surface area contributed by atoms with Crippen LogP contribution in [0.15, 0.2) is 5.16 Å². The van der Waals surface area contributed by atoms with E-state index in [9.17, 15) is 4.79 Å². The Morgan fingerprint density at radius 1 is 1.55 bits per heavy atom. The van der Waals surface area contributed by atoms with Gasteiger partial charge in [-0.25, -0.2) is 4.98 Å². The molecule has 1 aromatic rings. The average Bonchev–Trinajstić information content (AvgIpc) is 2.86. The second kappa shape index (κ2) is 8.26. The van der Waals surface area contributed by atoms with Crippen molar-refractivity contribution in [2.45, 2.75) is 50.7 Å². The molecule has 0 aliphatic heterocycles. The summed E-state index contributed by atoms with van der Waals surface area (Å²) in [5.74, 6) is 1.48. The fourth-order valence-corrected chi connectivity index (χ4v) is 2.65. The molecule has 114 valence electrons. The van der Waals surface area contributed by atoms with Gasteiger partial charge in [0.1, 0.15) is 11.4 Å². The van der Waals surface area contributed by atoms with Crippen LogP contribution in [0, 0.1) is 6.92 Å². The van der Waals surface area contributed by atoms with E-state index >= 15 is 0 Å². The van der Waals surface area contributed by atoms with Gasteiger partial charge < -0.3 is 10.1 Å². The fourth-order valence-electron chi connectivity index (χ4n) is 1.86. The summed E-state index contributed by atoms with van der Waals surface area (Å²) in [4.78, 5) is 16.1. The lowest BCUT2D eigenvalue weighted by molar-refractivity contribution is -0.148. The third-order valence-electron chi connectivity index (χ3n) is 3.03. The first-order chi connectivity index (χ1) is 9.51. The van der Waals surface area contributed by atoms with Crippen LogP contribution >= 0.6 is 11.8 Å². The summed E-state index contributed by atoms with van der Waals surface area (Å²) < 4.78 is 4.89. The highest BCUT2D eigenvalue weighted by Crippen LogP contribution is 2.19. The Bertz CT molecular complexity index is 424. The number of nitrogens with one attached hydrogen (secondary N) is 2. The molecule has 0 fully saturated rings. The predicted molar refractivity (Wildman–Crippen MR) is 79.8 cm³/mol. The van der Waals surface area contributed by atoms with Crippen molar-refractivity contribution in [2.75, 3.05) is 19.4 Å². The summed E-state index contributed by atoms with van der Waals surface area (Å²) in [6.07, 6.45) is 2.61. The number of aryl methyl sites for hydroxylation is 1. The quantitative estimate of drug-likeness (QED) is 0.412. The Balaban J connectivity index is 2.39. The standard InChI is InChI=1S/C13H24N4O2S/c1-5-8-14-13(3,11(18)19-4)7-6-9-20-12-15-10(2)16-17-12/h14H,5-9H2,1-4H3,(H,15,16,17). The summed E-state index contributed by atoms with van der Waals surface area (Å²) in [7, 11) is 1.43. The van der Waals surface area contributed by atoms with Crippen LogP contribution in [-0.2, 0) is 9.53 Å². The number of carbonyl (C=O) groups excluding carboxylic acids is 1. The van der Waals surface area contributed by atoms with Crippen molar-refractivity contribution >= 4 is 17.7 Å². The number of hydrogen-bond acceptors (Lipinski definition) is 6. The minimum Gasteiger partial charge on any atom is -0.468 e. The van der Waals surface area contributed by atoms with Crippen molar-refractivity contribution in [3.05, 3.63) is 5.82 Å². The van der Waals surface area contributed by atoms with Crippen LogP contribution in [0.5, 0.6) is 0 Å². The molecule has 0 bridgehead atoms. The zero-order valence-electron chi connectivity index (χ0n) is 12.7. The van der Waals surface area contributed by atoms with Gasteiger partial charge in [0, 0.05) is 5.75 Å². The molecule has 0 radical (unpaired) electrons. The third kappa shape index (κ3) is 5.13. The molecule has 0 aliphatic carbocycles. The number of aromatic nitrogens is 3. The summed E-state index contributed by atoms with van der Waals surface area (Å²) in [5.41, 5.74) is -0.611. The number of esters is 1. The molecule has 1 unspecified atom stereocenters. The van der Waals surface area contributed by atoms with Crippen LogP contribution in [-0.4, -0.2) is 46.1 Å². The first kappa shape index (κ1) is 17.0. The van der Waals surface area contributed by atoms with Gasteiger partial charge in [0.15, 0.2) is 0 Å². The Morgan fingerprint density at radius 3 is 2.85 bits per heavy atom. The molecule has 0 spiro atoms. The Hall–Kier alpha value is -1.08. The Morgan fingerprint density at radius 2 is 2.30 bits per heavy atom. The molecular weight excluding hydrogens is 276 g/mol. The highest BCUT2D eigenvalue weighted by atomic mass is 32.2. The van der Waals surface area contributed by atoms with Crippen molar-refractivity contribution < 1.29 is 9.53 Å². The van der Waals surface area contributed by atoms with Gasteiger partial charge in [0.05, 0.1) is 7.11 Å². The van der Waals surface area contributed by atoms with Crippen LogP contribution in [0.4, 0.5) is 0 Å². The van der Waals surface area contributed by atoms with E-state index in [-0.39, 0.29) is 5.97 Å². The Kier molecular flexibility index (Phi) is 7.01. The van der Waals surface area contributed by atoms with E-state index in [1.807, 2.05) is 13.8 Å². The van der Waals surface area contributed by atoms with E-state index in [1.54, 1.807) is 11.8 Å². The smallest absolute Gasteiger partial charge is 0.325 e. The van der Waals surface area contributed by atoms with Crippen LogP contribution in [0.25, 0.3) is 0 Å². The van der Waals surface area contributed by atoms with Gasteiger partial charge in [-0.3, -0.25) is 9.89 Å². The first-order valence-corrected chi connectivity index (χ1v) is 7.85. The summed E-state index contributed by atoms with van der Waals surface area (Å²) in [5, 5.41) is 10.9. The molecule has 2 N–H and O–H groups in total. The average molecular weight is 300 g/mol. The summed E-state index contributed by atoms with van der Waals surface area (Å²) in [6, 6.07) is 0. The number of H-pyrrole nitrogens is 1. The highest BCUT2D eigenvalue weighted by Gasteiger charge is 2.32. The number of thioether (sulfide) groups is 1. The monoisotopic (exact) mass is 300 g/mol. The molecule has 0 aromatic carbocycles. The molecular formula is C13H24N4O2S. The van der Waals surface area contributed by atoms with Gasteiger partial charge in [0.25, 0.3) is 0 Å². The molecule has 0 saturated heterocycles. The number of methoxy groups -OCH3 is 1. The molecule has 1 heterocycles. The molecule has 1 rings (SSSR count). The van der Waals surface area contributed by atoms with E-state index in [2.05, 4.69) is 27.4 Å².